The molecule has 6 nitrogen and oxygen atoms in total. The number of ketones is 1. The van der Waals surface area contributed by atoms with Crippen molar-refractivity contribution >= 4 is 16.8 Å². The number of para-hydroxylation sites is 2. The van der Waals surface area contributed by atoms with Gasteiger partial charge in [0.25, 0.3) is 0 Å². The SMILES string of the molecule is C[C@H]1C(=O)C(C#N)=C[C@@]2(C)c3c(c(-c4ccccc4F)nn3-c3nc4ccccc4[nH]3)CC[C@H]12. The molecule has 6 rings (SSSR count). The largest absolute Gasteiger partial charge is 0.322 e. The average Bonchev–Trinajstić information content (AvgIpc) is 3.44. The lowest BCUT2D eigenvalue weighted by molar-refractivity contribution is -0.121. The Morgan fingerprint density at radius 3 is 2.74 bits per heavy atom. The third-order valence-electron chi connectivity index (χ3n) is 7.52. The molecule has 2 aromatic heterocycles. The number of Topliss-reactive ketones (excluding diaryl/α,β-unsaturated/α-hetero) is 1. The Morgan fingerprint density at radius 2 is 1.97 bits per heavy atom. The molecule has 34 heavy (non-hydrogen) atoms. The first-order valence-electron chi connectivity index (χ1n) is 11.4. The Balaban J connectivity index is 1.68. The summed E-state index contributed by atoms with van der Waals surface area (Å²) in [5.74, 6) is -0.227. The van der Waals surface area contributed by atoms with Gasteiger partial charge in [0.15, 0.2) is 5.78 Å². The minimum absolute atomic E-state index is 0.00195. The molecule has 0 bridgehead atoms. The van der Waals surface area contributed by atoms with E-state index >= 15 is 0 Å². The average molecular weight is 452 g/mol. The Morgan fingerprint density at radius 1 is 1.21 bits per heavy atom. The van der Waals surface area contributed by atoms with Gasteiger partial charge in [0.1, 0.15) is 11.9 Å². The number of aromatic nitrogens is 4. The van der Waals surface area contributed by atoms with Crippen molar-refractivity contribution < 1.29 is 9.18 Å². The standard InChI is InChI=1S/C27H22FN5O/c1-15-19-12-11-18-23(17-7-3-4-8-20(17)28)32-33(26-30-21-9-5-6-10-22(21)31-26)25(18)27(19,2)13-16(14-29)24(15)34/h3-10,13,15,19H,11-12H2,1-2H3,(H,30,31)/t15-,19-,27-/m1/s1. The number of rotatable bonds is 2. The van der Waals surface area contributed by atoms with Crippen LogP contribution in [0.4, 0.5) is 4.39 Å². The van der Waals surface area contributed by atoms with Gasteiger partial charge in [0.05, 0.1) is 28.0 Å². The maximum Gasteiger partial charge on any atom is 0.229 e. The predicted octanol–water partition coefficient (Wildman–Crippen LogP) is 5.04. The van der Waals surface area contributed by atoms with Crippen LogP contribution in [0.15, 0.2) is 60.2 Å². The molecule has 0 saturated heterocycles. The van der Waals surface area contributed by atoms with Crippen molar-refractivity contribution in [2.45, 2.75) is 32.1 Å². The van der Waals surface area contributed by atoms with Crippen LogP contribution < -0.4 is 0 Å². The Kier molecular flexibility index (Phi) is 4.37. The summed E-state index contributed by atoms with van der Waals surface area (Å²) in [5, 5.41) is 14.6. The van der Waals surface area contributed by atoms with Crippen molar-refractivity contribution in [2.75, 3.05) is 0 Å². The molecule has 0 saturated carbocycles. The highest BCUT2D eigenvalue weighted by Crippen LogP contribution is 2.52. The molecule has 1 N–H and O–H groups in total. The molecule has 2 heterocycles. The predicted molar refractivity (Wildman–Crippen MR) is 126 cm³/mol. The molecule has 0 spiro atoms. The van der Waals surface area contributed by atoms with E-state index in [-0.39, 0.29) is 29.0 Å². The van der Waals surface area contributed by atoms with Crippen molar-refractivity contribution in [2.24, 2.45) is 11.8 Å². The van der Waals surface area contributed by atoms with E-state index < -0.39 is 5.41 Å². The van der Waals surface area contributed by atoms with E-state index in [1.54, 1.807) is 29.0 Å². The van der Waals surface area contributed by atoms with Crippen LogP contribution in [0.3, 0.4) is 0 Å². The number of carbonyl (C=O) groups excluding carboxylic acids is 1. The summed E-state index contributed by atoms with van der Waals surface area (Å²) in [6.45, 7) is 3.96. The second-order valence-electron chi connectivity index (χ2n) is 9.40. The highest BCUT2D eigenvalue weighted by atomic mass is 19.1. The van der Waals surface area contributed by atoms with Crippen LogP contribution in [0.1, 0.15) is 31.5 Å². The molecule has 0 aliphatic heterocycles. The van der Waals surface area contributed by atoms with Gasteiger partial charge in [-0.05, 0) is 43.0 Å². The highest BCUT2D eigenvalue weighted by Gasteiger charge is 2.51. The van der Waals surface area contributed by atoms with Crippen LogP contribution in [-0.2, 0) is 16.6 Å². The third-order valence-corrected chi connectivity index (χ3v) is 7.52. The van der Waals surface area contributed by atoms with Gasteiger partial charge in [-0.15, -0.1) is 0 Å². The number of aromatic amines is 1. The number of nitrogens with one attached hydrogen (secondary N) is 1. The number of H-pyrrole nitrogens is 1. The van der Waals surface area contributed by atoms with Crippen LogP contribution in [-0.4, -0.2) is 25.5 Å². The molecule has 168 valence electrons. The molecule has 0 unspecified atom stereocenters. The maximum absolute atomic E-state index is 14.9. The molecule has 2 aliphatic carbocycles. The van der Waals surface area contributed by atoms with Crippen molar-refractivity contribution in [3.63, 3.8) is 0 Å². The summed E-state index contributed by atoms with van der Waals surface area (Å²) < 4.78 is 16.7. The molecule has 2 aliphatic rings. The van der Waals surface area contributed by atoms with Crippen LogP contribution >= 0.6 is 0 Å². The summed E-state index contributed by atoms with van der Waals surface area (Å²) in [7, 11) is 0. The molecular weight excluding hydrogens is 429 g/mol. The summed E-state index contributed by atoms with van der Waals surface area (Å²) >= 11 is 0. The second kappa shape index (κ2) is 7.22. The quantitative estimate of drug-likeness (QED) is 0.462. The zero-order valence-electron chi connectivity index (χ0n) is 18.8. The van der Waals surface area contributed by atoms with Gasteiger partial charge in [-0.3, -0.25) is 4.79 Å². The van der Waals surface area contributed by atoms with Gasteiger partial charge in [0, 0.05) is 22.5 Å². The summed E-state index contributed by atoms with van der Waals surface area (Å²) in [4.78, 5) is 20.9. The molecule has 0 fully saturated rings. The van der Waals surface area contributed by atoms with E-state index in [0.29, 0.717) is 23.6 Å². The maximum atomic E-state index is 14.9. The number of imidazole rings is 1. The van der Waals surface area contributed by atoms with Crippen molar-refractivity contribution in [3.8, 4) is 23.3 Å². The van der Waals surface area contributed by atoms with E-state index in [2.05, 4.69) is 18.0 Å². The van der Waals surface area contributed by atoms with Gasteiger partial charge in [0.2, 0.25) is 5.95 Å². The fourth-order valence-corrected chi connectivity index (χ4v) is 5.91. The van der Waals surface area contributed by atoms with Crippen LogP contribution in [0.5, 0.6) is 0 Å². The van der Waals surface area contributed by atoms with Gasteiger partial charge in [-0.25, -0.2) is 14.1 Å². The molecular formula is C27H22FN5O. The van der Waals surface area contributed by atoms with Crippen molar-refractivity contribution in [3.05, 3.63) is 77.3 Å². The Hall–Kier alpha value is -4.05. The lowest BCUT2D eigenvalue weighted by Gasteiger charge is -2.45. The normalized spacial score (nSPS) is 23.8. The number of hydrogen-bond donors (Lipinski definition) is 1. The number of fused-ring (bicyclic) bond motifs is 4. The molecule has 3 atom stereocenters. The number of nitriles is 1. The minimum Gasteiger partial charge on any atom is -0.322 e. The minimum atomic E-state index is -0.637. The first-order valence-corrected chi connectivity index (χ1v) is 11.4. The topological polar surface area (TPSA) is 87.4 Å². The van der Waals surface area contributed by atoms with Crippen molar-refractivity contribution in [1.29, 1.82) is 5.26 Å². The fraction of sp³-hybridized carbons (Fsp3) is 0.259. The molecule has 2 aromatic carbocycles. The van der Waals surface area contributed by atoms with Crippen LogP contribution in [0.25, 0.3) is 28.2 Å². The lowest BCUT2D eigenvalue weighted by Crippen LogP contribution is -2.46. The monoisotopic (exact) mass is 451 g/mol. The third kappa shape index (κ3) is 2.75. The molecule has 0 amide bonds. The second-order valence-corrected chi connectivity index (χ2v) is 9.40. The zero-order valence-corrected chi connectivity index (χ0v) is 18.8. The Labute approximate surface area is 195 Å². The molecule has 4 aromatic rings. The number of nitrogens with zero attached hydrogens (tertiary/aromatic N) is 4. The first kappa shape index (κ1) is 20.5. The smallest absolute Gasteiger partial charge is 0.229 e. The van der Waals surface area contributed by atoms with Gasteiger partial charge < -0.3 is 4.98 Å². The number of hydrogen-bond acceptors (Lipinski definition) is 4. The van der Waals surface area contributed by atoms with Crippen molar-refractivity contribution in [1.82, 2.24) is 19.7 Å². The molecule has 7 heteroatoms. The zero-order chi connectivity index (χ0) is 23.6. The van der Waals surface area contributed by atoms with E-state index in [4.69, 9.17) is 10.1 Å². The fourth-order valence-electron chi connectivity index (χ4n) is 5.91. The lowest BCUT2D eigenvalue weighted by atomic mass is 9.58. The van der Waals surface area contributed by atoms with E-state index in [0.717, 1.165) is 28.7 Å². The van der Waals surface area contributed by atoms with E-state index in [9.17, 15) is 14.4 Å². The Bertz CT molecular complexity index is 1520. The van der Waals surface area contributed by atoms with Crippen LogP contribution in [0, 0.1) is 29.0 Å². The highest BCUT2D eigenvalue weighted by molar-refractivity contribution is 6.02. The number of allylic oxidation sites excluding steroid dienone is 2. The van der Waals surface area contributed by atoms with Gasteiger partial charge in [-0.1, -0.05) is 44.2 Å². The molecule has 0 radical (unpaired) electrons. The van der Waals surface area contributed by atoms with Gasteiger partial charge in [-0.2, -0.15) is 10.4 Å². The summed E-state index contributed by atoms with van der Waals surface area (Å²) in [6, 6.07) is 16.4. The first-order chi connectivity index (χ1) is 16.4. The summed E-state index contributed by atoms with van der Waals surface area (Å²) in [6.07, 6.45) is 3.20. The number of halogens is 1. The number of carbonyl (C=O) groups is 1. The van der Waals surface area contributed by atoms with E-state index in [1.165, 1.54) is 6.07 Å². The number of benzene rings is 2. The van der Waals surface area contributed by atoms with Gasteiger partial charge >= 0.3 is 0 Å². The van der Waals surface area contributed by atoms with Crippen LogP contribution in [0.2, 0.25) is 0 Å². The summed E-state index contributed by atoms with van der Waals surface area (Å²) in [5.41, 5.74) is 3.99. The van der Waals surface area contributed by atoms with E-state index in [1.807, 2.05) is 31.2 Å².